The number of benzene rings is 2. The lowest BCUT2D eigenvalue weighted by Crippen LogP contribution is -2.30. The average Bonchev–Trinajstić information content (AvgIpc) is 3.12. The van der Waals surface area contributed by atoms with Gasteiger partial charge < -0.3 is 14.5 Å². The number of carbonyl (C=O) groups is 2. The monoisotopic (exact) mass is 381 g/mol. The molecule has 0 radical (unpaired) electrons. The van der Waals surface area contributed by atoms with E-state index in [2.05, 4.69) is 5.32 Å². The number of para-hydroxylation sites is 1. The van der Waals surface area contributed by atoms with Gasteiger partial charge in [0.25, 0.3) is 5.91 Å². The van der Waals surface area contributed by atoms with E-state index in [9.17, 15) is 9.59 Å². The standard InChI is InChI=1S/C21H19NO4S/c1-15(19-13-16-7-5-6-10-18(16)26-19)22-20(23)14-25-21(24)11-12-27-17-8-3-2-4-9-17/h2-13,15H,14H2,1H3,(H,22,23)/b12-11+/t15-/m0/s1. The Labute approximate surface area is 161 Å². The first kappa shape index (κ1) is 18.8. The molecule has 0 saturated heterocycles. The summed E-state index contributed by atoms with van der Waals surface area (Å²) in [4.78, 5) is 24.7. The Morgan fingerprint density at radius 1 is 1.15 bits per heavy atom. The molecule has 1 amide bonds. The Hall–Kier alpha value is -2.99. The van der Waals surface area contributed by atoms with Crippen molar-refractivity contribution in [1.29, 1.82) is 0 Å². The van der Waals surface area contributed by atoms with Crippen molar-refractivity contribution in [2.45, 2.75) is 17.9 Å². The van der Waals surface area contributed by atoms with Gasteiger partial charge in [-0.25, -0.2) is 4.79 Å². The molecule has 138 valence electrons. The molecule has 0 aliphatic heterocycles. The van der Waals surface area contributed by atoms with Gasteiger partial charge in [-0.15, -0.1) is 0 Å². The molecule has 0 bridgehead atoms. The number of ether oxygens (including phenoxy) is 1. The minimum Gasteiger partial charge on any atom is -0.459 e. The topological polar surface area (TPSA) is 68.5 Å². The number of hydrogen-bond acceptors (Lipinski definition) is 5. The van der Waals surface area contributed by atoms with Crippen LogP contribution in [0.25, 0.3) is 11.0 Å². The van der Waals surface area contributed by atoms with Crippen LogP contribution in [0.5, 0.6) is 0 Å². The molecule has 0 spiro atoms. The quantitative estimate of drug-likeness (QED) is 0.372. The molecule has 27 heavy (non-hydrogen) atoms. The van der Waals surface area contributed by atoms with Crippen LogP contribution in [0.15, 0.2) is 81.5 Å². The molecule has 0 saturated carbocycles. The first-order valence-corrected chi connectivity index (χ1v) is 9.32. The number of amides is 1. The van der Waals surface area contributed by atoms with Gasteiger partial charge in [0.2, 0.25) is 0 Å². The third kappa shape index (κ3) is 5.49. The van der Waals surface area contributed by atoms with Crippen LogP contribution in [-0.2, 0) is 14.3 Å². The highest BCUT2D eigenvalue weighted by Crippen LogP contribution is 2.23. The molecule has 3 rings (SSSR count). The lowest BCUT2D eigenvalue weighted by Gasteiger charge is -2.11. The zero-order valence-electron chi connectivity index (χ0n) is 14.8. The summed E-state index contributed by atoms with van der Waals surface area (Å²) in [5, 5.41) is 5.36. The van der Waals surface area contributed by atoms with Gasteiger partial charge in [0.05, 0.1) is 6.04 Å². The van der Waals surface area contributed by atoms with Gasteiger partial charge in [0.15, 0.2) is 6.61 Å². The summed E-state index contributed by atoms with van der Waals surface area (Å²) in [6.07, 6.45) is 1.30. The van der Waals surface area contributed by atoms with Crippen molar-refractivity contribution in [3.8, 4) is 0 Å². The third-order valence-electron chi connectivity index (χ3n) is 3.75. The molecule has 3 aromatic rings. The lowest BCUT2D eigenvalue weighted by atomic mass is 10.2. The van der Waals surface area contributed by atoms with E-state index in [0.29, 0.717) is 5.76 Å². The van der Waals surface area contributed by atoms with Crippen molar-refractivity contribution in [3.63, 3.8) is 0 Å². The molecular weight excluding hydrogens is 362 g/mol. The maximum Gasteiger partial charge on any atom is 0.331 e. The van der Waals surface area contributed by atoms with Crippen LogP contribution in [0.1, 0.15) is 18.7 Å². The second kappa shape index (κ2) is 9.09. The zero-order chi connectivity index (χ0) is 19.1. The molecule has 1 aromatic heterocycles. The fourth-order valence-corrected chi connectivity index (χ4v) is 3.07. The van der Waals surface area contributed by atoms with Crippen LogP contribution in [0.2, 0.25) is 0 Å². The highest BCUT2D eigenvalue weighted by atomic mass is 32.2. The van der Waals surface area contributed by atoms with Gasteiger partial charge >= 0.3 is 5.97 Å². The largest absolute Gasteiger partial charge is 0.459 e. The molecule has 1 heterocycles. The summed E-state index contributed by atoms with van der Waals surface area (Å²) >= 11 is 1.40. The first-order valence-electron chi connectivity index (χ1n) is 8.44. The molecule has 0 aliphatic rings. The predicted octanol–water partition coefficient (Wildman–Crippen LogP) is 4.46. The van der Waals surface area contributed by atoms with Gasteiger partial charge in [0, 0.05) is 16.4 Å². The van der Waals surface area contributed by atoms with Crippen LogP contribution in [-0.4, -0.2) is 18.5 Å². The first-order chi connectivity index (χ1) is 13.1. The van der Waals surface area contributed by atoms with Gasteiger partial charge in [-0.3, -0.25) is 4.79 Å². The van der Waals surface area contributed by atoms with E-state index in [4.69, 9.17) is 9.15 Å². The second-order valence-corrected chi connectivity index (χ2v) is 6.80. The van der Waals surface area contributed by atoms with Crippen LogP contribution < -0.4 is 5.32 Å². The van der Waals surface area contributed by atoms with Crippen molar-refractivity contribution in [3.05, 3.63) is 77.9 Å². The molecular formula is C21H19NO4S. The summed E-state index contributed by atoms with van der Waals surface area (Å²) in [7, 11) is 0. The van der Waals surface area contributed by atoms with E-state index in [1.807, 2.05) is 67.6 Å². The van der Waals surface area contributed by atoms with E-state index >= 15 is 0 Å². The van der Waals surface area contributed by atoms with Gasteiger partial charge in [-0.05, 0) is 36.6 Å². The molecule has 0 fully saturated rings. The molecule has 1 atom stereocenters. The van der Waals surface area contributed by atoms with Crippen molar-refractivity contribution < 1.29 is 18.7 Å². The maximum atomic E-state index is 12.0. The number of nitrogens with one attached hydrogen (secondary N) is 1. The summed E-state index contributed by atoms with van der Waals surface area (Å²) in [6, 6.07) is 18.8. The number of thioether (sulfide) groups is 1. The molecule has 2 aromatic carbocycles. The van der Waals surface area contributed by atoms with Crippen molar-refractivity contribution >= 4 is 34.6 Å². The normalized spacial score (nSPS) is 12.2. The number of furan rings is 1. The summed E-state index contributed by atoms with van der Waals surface area (Å²) < 4.78 is 10.7. The molecule has 1 N–H and O–H groups in total. The number of esters is 1. The number of rotatable bonds is 7. The van der Waals surface area contributed by atoms with Crippen molar-refractivity contribution in [2.24, 2.45) is 0 Å². The number of carbonyl (C=O) groups excluding carboxylic acids is 2. The van der Waals surface area contributed by atoms with Gasteiger partial charge in [-0.1, -0.05) is 48.2 Å². The van der Waals surface area contributed by atoms with Crippen LogP contribution in [0.4, 0.5) is 0 Å². The number of fused-ring (bicyclic) bond motifs is 1. The highest BCUT2D eigenvalue weighted by molar-refractivity contribution is 8.02. The van der Waals surface area contributed by atoms with E-state index in [0.717, 1.165) is 15.9 Å². The minimum atomic E-state index is -0.565. The van der Waals surface area contributed by atoms with E-state index in [-0.39, 0.29) is 18.6 Å². The smallest absolute Gasteiger partial charge is 0.331 e. The van der Waals surface area contributed by atoms with Crippen molar-refractivity contribution in [1.82, 2.24) is 5.32 Å². The average molecular weight is 381 g/mol. The lowest BCUT2D eigenvalue weighted by molar-refractivity contribution is -0.144. The SMILES string of the molecule is C[C@H](NC(=O)COC(=O)/C=C/Sc1ccccc1)c1cc2ccccc2o1. The van der Waals surface area contributed by atoms with Gasteiger partial charge in [-0.2, -0.15) is 0 Å². The summed E-state index contributed by atoms with van der Waals surface area (Å²) in [5.41, 5.74) is 0.765. The Morgan fingerprint density at radius 3 is 2.67 bits per heavy atom. The Kier molecular flexibility index (Phi) is 6.33. The Balaban J connectivity index is 1.44. The predicted molar refractivity (Wildman–Crippen MR) is 105 cm³/mol. The van der Waals surface area contributed by atoms with Crippen LogP contribution >= 0.6 is 11.8 Å². The van der Waals surface area contributed by atoms with E-state index in [1.165, 1.54) is 17.8 Å². The Bertz CT molecular complexity index is 916. The zero-order valence-corrected chi connectivity index (χ0v) is 15.6. The molecule has 0 unspecified atom stereocenters. The molecule has 0 aliphatic carbocycles. The highest BCUT2D eigenvalue weighted by Gasteiger charge is 2.15. The van der Waals surface area contributed by atoms with E-state index < -0.39 is 5.97 Å². The van der Waals surface area contributed by atoms with Crippen LogP contribution in [0, 0.1) is 0 Å². The number of hydrogen-bond donors (Lipinski definition) is 1. The van der Waals surface area contributed by atoms with Gasteiger partial charge in [0.1, 0.15) is 11.3 Å². The van der Waals surface area contributed by atoms with Crippen molar-refractivity contribution in [2.75, 3.05) is 6.61 Å². The summed E-state index contributed by atoms with van der Waals surface area (Å²) in [6.45, 7) is 1.47. The fraction of sp³-hybridized carbons (Fsp3) is 0.143. The molecule has 6 heteroatoms. The summed E-state index contributed by atoms with van der Waals surface area (Å²) in [5.74, 6) is -0.305. The minimum absolute atomic E-state index is 0.326. The fourth-order valence-electron chi connectivity index (χ4n) is 2.42. The van der Waals surface area contributed by atoms with E-state index in [1.54, 1.807) is 5.41 Å². The van der Waals surface area contributed by atoms with Crippen LogP contribution in [0.3, 0.4) is 0 Å². The molecule has 5 nitrogen and oxygen atoms in total. The second-order valence-electron chi connectivity index (χ2n) is 5.82. The Morgan fingerprint density at radius 2 is 1.89 bits per heavy atom. The third-order valence-corrected chi connectivity index (χ3v) is 4.56. The maximum absolute atomic E-state index is 12.0.